The fourth-order valence-electron chi connectivity index (χ4n) is 3.42. The highest BCUT2D eigenvalue weighted by Gasteiger charge is 2.47. The summed E-state index contributed by atoms with van der Waals surface area (Å²) in [6.07, 6.45) is 1.49. The first kappa shape index (κ1) is 15.6. The molecule has 0 radical (unpaired) electrons. The summed E-state index contributed by atoms with van der Waals surface area (Å²) in [6.45, 7) is 0. The molecule has 2 fully saturated rings. The van der Waals surface area contributed by atoms with Gasteiger partial charge >= 0.3 is 6.18 Å². The highest BCUT2D eigenvalue weighted by atomic mass is 19.4. The lowest BCUT2D eigenvalue weighted by Gasteiger charge is -2.38. The molecule has 2 unspecified atom stereocenters. The van der Waals surface area contributed by atoms with E-state index in [-0.39, 0.29) is 6.42 Å². The Labute approximate surface area is 117 Å². The van der Waals surface area contributed by atoms with Crippen LogP contribution in [0.3, 0.4) is 0 Å². The topological polar surface area (TPSA) is 55.1 Å². The average molecular weight is 292 g/mol. The molecule has 0 aromatic carbocycles. The van der Waals surface area contributed by atoms with Gasteiger partial charge in [0, 0.05) is 6.04 Å². The molecule has 3 N–H and O–H groups in total. The van der Waals surface area contributed by atoms with Gasteiger partial charge in [-0.05, 0) is 25.7 Å². The summed E-state index contributed by atoms with van der Waals surface area (Å²) in [7, 11) is 0. The molecule has 0 saturated heterocycles. The second-order valence-electron chi connectivity index (χ2n) is 6.23. The fourth-order valence-corrected chi connectivity index (χ4v) is 3.42. The van der Waals surface area contributed by atoms with Crippen LogP contribution in [0.1, 0.15) is 57.8 Å². The SMILES string of the molecule is NC1(C(=O)NC2CCCCC2C(F)(F)F)CCCCC1. The minimum Gasteiger partial charge on any atom is -0.351 e. The maximum Gasteiger partial charge on any atom is 0.393 e. The molecule has 20 heavy (non-hydrogen) atoms. The van der Waals surface area contributed by atoms with Gasteiger partial charge in [-0.25, -0.2) is 0 Å². The standard InChI is InChI=1S/C14H23F3N2O/c15-14(16,17)10-6-2-3-7-11(10)19-12(20)13(18)8-4-1-5-9-13/h10-11H,1-9,18H2,(H,19,20). The van der Waals surface area contributed by atoms with E-state index >= 15 is 0 Å². The molecule has 3 nitrogen and oxygen atoms in total. The van der Waals surface area contributed by atoms with Crippen LogP contribution in [0.4, 0.5) is 13.2 Å². The Morgan fingerprint density at radius 2 is 1.65 bits per heavy atom. The van der Waals surface area contributed by atoms with Gasteiger partial charge in [-0.1, -0.05) is 32.1 Å². The maximum atomic E-state index is 13.0. The zero-order valence-electron chi connectivity index (χ0n) is 11.6. The molecular formula is C14H23F3N2O. The van der Waals surface area contributed by atoms with Crippen molar-refractivity contribution in [1.82, 2.24) is 5.32 Å². The summed E-state index contributed by atoms with van der Waals surface area (Å²) in [5, 5.41) is 2.60. The van der Waals surface area contributed by atoms with Gasteiger partial charge in [0.25, 0.3) is 0 Å². The molecule has 116 valence electrons. The third-order valence-electron chi connectivity index (χ3n) is 4.70. The molecule has 0 bridgehead atoms. The van der Waals surface area contributed by atoms with E-state index in [0.29, 0.717) is 25.7 Å². The molecule has 2 saturated carbocycles. The minimum absolute atomic E-state index is 0.103. The second-order valence-corrected chi connectivity index (χ2v) is 6.23. The zero-order chi connectivity index (χ0) is 14.8. The second kappa shape index (κ2) is 5.92. The summed E-state index contributed by atoms with van der Waals surface area (Å²) in [6, 6.07) is -0.807. The molecule has 0 aliphatic heterocycles. The molecular weight excluding hydrogens is 269 g/mol. The third kappa shape index (κ3) is 3.45. The van der Waals surface area contributed by atoms with E-state index < -0.39 is 29.6 Å². The Bertz CT molecular complexity index is 351. The van der Waals surface area contributed by atoms with Crippen LogP contribution < -0.4 is 11.1 Å². The first-order valence-corrected chi connectivity index (χ1v) is 7.49. The summed E-state index contributed by atoms with van der Waals surface area (Å²) in [5.74, 6) is -1.81. The van der Waals surface area contributed by atoms with Crippen LogP contribution in [-0.4, -0.2) is 23.7 Å². The molecule has 0 aromatic rings. The Hall–Kier alpha value is -0.780. The maximum absolute atomic E-state index is 13.0. The van der Waals surface area contributed by atoms with Crippen LogP contribution >= 0.6 is 0 Å². The summed E-state index contributed by atoms with van der Waals surface area (Å²) >= 11 is 0. The van der Waals surface area contributed by atoms with Gasteiger partial charge in [0.05, 0.1) is 11.5 Å². The lowest BCUT2D eigenvalue weighted by atomic mass is 9.80. The molecule has 1 amide bonds. The highest BCUT2D eigenvalue weighted by Crippen LogP contribution is 2.38. The van der Waals surface area contributed by atoms with Crippen molar-refractivity contribution in [2.24, 2.45) is 11.7 Å². The van der Waals surface area contributed by atoms with Gasteiger partial charge in [-0.3, -0.25) is 4.79 Å². The molecule has 6 heteroatoms. The molecule has 2 atom stereocenters. The van der Waals surface area contributed by atoms with Gasteiger partial charge in [-0.2, -0.15) is 13.2 Å². The van der Waals surface area contributed by atoms with Crippen molar-refractivity contribution in [3.05, 3.63) is 0 Å². The van der Waals surface area contributed by atoms with Crippen LogP contribution in [0.15, 0.2) is 0 Å². The Morgan fingerprint density at radius 1 is 1.05 bits per heavy atom. The van der Waals surface area contributed by atoms with E-state index in [2.05, 4.69) is 5.32 Å². The monoisotopic (exact) mass is 292 g/mol. The van der Waals surface area contributed by atoms with Crippen LogP contribution in [0.25, 0.3) is 0 Å². The normalized spacial score (nSPS) is 30.8. The number of nitrogens with one attached hydrogen (secondary N) is 1. The number of hydrogen-bond acceptors (Lipinski definition) is 2. The Kier molecular flexibility index (Phi) is 4.62. The molecule has 0 spiro atoms. The van der Waals surface area contributed by atoms with Crippen molar-refractivity contribution in [3.8, 4) is 0 Å². The highest BCUT2D eigenvalue weighted by molar-refractivity contribution is 5.86. The van der Waals surface area contributed by atoms with Crippen molar-refractivity contribution in [3.63, 3.8) is 0 Å². The minimum atomic E-state index is -4.24. The Morgan fingerprint density at radius 3 is 2.25 bits per heavy atom. The van der Waals surface area contributed by atoms with Crippen molar-refractivity contribution >= 4 is 5.91 Å². The van der Waals surface area contributed by atoms with Crippen LogP contribution in [-0.2, 0) is 4.79 Å². The first-order valence-electron chi connectivity index (χ1n) is 7.49. The van der Waals surface area contributed by atoms with Crippen LogP contribution in [0, 0.1) is 5.92 Å². The van der Waals surface area contributed by atoms with Gasteiger partial charge in [-0.15, -0.1) is 0 Å². The van der Waals surface area contributed by atoms with Crippen molar-refractivity contribution in [1.29, 1.82) is 0 Å². The van der Waals surface area contributed by atoms with Crippen molar-refractivity contribution in [2.75, 3.05) is 0 Å². The van der Waals surface area contributed by atoms with Gasteiger partial charge in [0.15, 0.2) is 0 Å². The van der Waals surface area contributed by atoms with Crippen LogP contribution in [0.5, 0.6) is 0 Å². The van der Waals surface area contributed by atoms with Gasteiger partial charge in [0.2, 0.25) is 5.91 Å². The van der Waals surface area contributed by atoms with Crippen LogP contribution in [0.2, 0.25) is 0 Å². The Balaban J connectivity index is 2.01. The smallest absolute Gasteiger partial charge is 0.351 e. The zero-order valence-corrected chi connectivity index (χ0v) is 11.6. The predicted octanol–water partition coefficient (Wildman–Crippen LogP) is 2.89. The number of nitrogens with two attached hydrogens (primary N) is 1. The summed E-state index contributed by atoms with van der Waals surface area (Å²) in [5.41, 5.74) is 5.11. The van der Waals surface area contributed by atoms with Crippen molar-refractivity contribution < 1.29 is 18.0 Å². The summed E-state index contributed by atoms with van der Waals surface area (Å²) < 4.78 is 39.0. The quantitative estimate of drug-likeness (QED) is 0.822. The van der Waals surface area contributed by atoms with E-state index in [1.165, 1.54) is 0 Å². The van der Waals surface area contributed by atoms with E-state index in [1.54, 1.807) is 0 Å². The molecule has 2 rings (SSSR count). The van der Waals surface area contributed by atoms with E-state index in [9.17, 15) is 18.0 Å². The number of carbonyl (C=O) groups excluding carboxylic acids is 1. The number of amides is 1. The molecule has 2 aliphatic carbocycles. The number of rotatable bonds is 2. The number of carbonyl (C=O) groups is 1. The van der Waals surface area contributed by atoms with Gasteiger partial charge < -0.3 is 11.1 Å². The van der Waals surface area contributed by atoms with E-state index in [0.717, 1.165) is 25.7 Å². The lowest BCUT2D eigenvalue weighted by molar-refractivity contribution is -0.189. The van der Waals surface area contributed by atoms with E-state index in [1.807, 2.05) is 0 Å². The predicted molar refractivity (Wildman–Crippen MR) is 69.9 cm³/mol. The average Bonchev–Trinajstić information content (AvgIpc) is 2.39. The van der Waals surface area contributed by atoms with Crippen molar-refractivity contribution in [2.45, 2.75) is 75.5 Å². The first-order chi connectivity index (χ1) is 9.33. The summed E-state index contributed by atoms with van der Waals surface area (Å²) in [4.78, 5) is 12.3. The number of hydrogen-bond donors (Lipinski definition) is 2. The fraction of sp³-hybridized carbons (Fsp3) is 0.929. The number of alkyl halides is 3. The largest absolute Gasteiger partial charge is 0.393 e. The van der Waals surface area contributed by atoms with Gasteiger partial charge in [0.1, 0.15) is 0 Å². The lowest BCUT2D eigenvalue weighted by Crippen LogP contribution is -2.59. The molecule has 0 heterocycles. The van der Waals surface area contributed by atoms with E-state index in [4.69, 9.17) is 5.73 Å². The number of halogens is 3. The third-order valence-corrected chi connectivity index (χ3v) is 4.70. The molecule has 2 aliphatic rings. The molecule has 0 aromatic heterocycles.